The van der Waals surface area contributed by atoms with E-state index in [2.05, 4.69) is 24.9 Å². The predicted molar refractivity (Wildman–Crippen MR) is 134 cm³/mol. The van der Waals surface area contributed by atoms with E-state index in [1.807, 2.05) is 13.0 Å². The number of amides is 1. The van der Waals surface area contributed by atoms with Gasteiger partial charge in [0, 0.05) is 12.7 Å². The number of benzene rings is 1. The van der Waals surface area contributed by atoms with Crippen LogP contribution in [-0.4, -0.2) is 47.0 Å². The standard InChI is InChI=1S/C25H28FN5O3S/c1-16(31-11-3-4-17(15-31)18-12-22(35-27-2)25(33)29-13-18)24(32)30-23-10-9-21(14-28-23)34-20-7-5-19(26)6-8-20/h5-10,12-14,16-17,27H,3-4,11,15H2,1-2H3,(H,29,33)(H,28,30,32). The van der Waals surface area contributed by atoms with Crippen LogP contribution >= 0.6 is 11.9 Å². The number of halogens is 1. The summed E-state index contributed by atoms with van der Waals surface area (Å²) in [5.41, 5.74) is 0.952. The van der Waals surface area contributed by atoms with Gasteiger partial charge in [-0.15, -0.1) is 0 Å². The van der Waals surface area contributed by atoms with E-state index in [1.165, 1.54) is 42.4 Å². The number of carbonyl (C=O) groups is 1. The number of hydrogen-bond donors (Lipinski definition) is 3. The monoisotopic (exact) mass is 497 g/mol. The van der Waals surface area contributed by atoms with Crippen LogP contribution in [0.4, 0.5) is 10.2 Å². The van der Waals surface area contributed by atoms with Crippen molar-refractivity contribution in [3.05, 3.63) is 76.6 Å². The van der Waals surface area contributed by atoms with Gasteiger partial charge in [0.25, 0.3) is 5.56 Å². The zero-order valence-electron chi connectivity index (χ0n) is 19.6. The third-order valence-corrected chi connectivity index (χ3v) is 6.72. The molecule has 4 rings (SSSR count). The number of rotatable bonds is 8. The van der Waals surface area contributed by atoms with Crippen molar-refractivity contribution < 1.29 is 13.9 Å². The molecule has 0 radical (unpaired) electrons. The van der Waals surface area contributed by atoms with E-state index in [-0.39, 0.29) is 29.2 Å². The molecular formula is C25H28FN5O3S. The minimum Gasteiger partial charge on any atom is -0.456 e. The SMILES string of the molecule is CNSc1cc(C2CCCN(C(C)C(=O)Nc3ccc(Oc4ccc(F)cc4)cn3)C2)c[nH]c1=O. The lowest BCUT2D eigenvalue weighted by Crippen LogP contribution is -2.46. The zero-order chi connectivity index (χ0) is 24.8. The maximum atomic E-state index is 13.0. The van der Waals surface area contributed by atoms with Crippen LogP contribution in [0.15, 0.2) is 64.5 Å². The Bertz CT molecular complexity index is 1200. The lowest BCUT2D eigenvalue weighted by Gasteiger charge is -2.36. The lowest BCUT2D eigenvalue weighted by atomic mass is 9.91. The number of aromatic amines is 1. The minimum atomic E-state index is -0.344. The van der Waals surface area contributed by atoms with Crippen molar-refractivity contribution in [2.45, 2.75) is 36.6 Å². The molecular weight excluding hydrogens is 469 g/mol. The van der Waals surface area contributed by atoms with Crippen molar-refractivity contribution in [1.29, 1.82) is 0 Å². The number of aromatic nitrogens is 2. The number of hydrogen-bond acceptors (Lipinski definition) is 7. The van der Waals surface area contributed by atoms with Crippen LogP contribution in [0.25, 0.3) is 0 Å². The Kier molecular flexibility index (Phi) is 8.17. The molecule has 3 N–H and O–H groups in total. The molecule has 1 aromatic carbocycles. The molecule has 2 aromatic heterocycles. The predicted octanol–water partition coefficient (Wildman–Crippen LogP) is 4.13. The van der Waals surface area contributed by atoms with E-state index in [0.29, 0.717) is 22.2 Å². The summed E-state index contributed by atoms with van der Waals surface area (Å²) in [6, 6.07) is 10.7. The van der Waals surface area contributed by atoms with Crippen LogP contribution in [-0.2, 0) is 4.79 Å². The van der Waals surface area contributed by atoms with Gasteiger partial charge < -0.3 is 15.0 Å². The summed E-state index contributed by atoms with van der Waals surface area (Å²) in [4.78, 5) is 34.8. The third kappa shape index (κ3) is 6.47. The fourth-order valence-corrected chi connectivity index (χ4v) is 4.65. The molecule has 35 heavy (non-hydrogen) atoms. The molecule has 1 aliphatic heterocycles. The molecule has 1 fully saturated rings. The fourth-order valence-electron chi connectivity index (χ4n) is 4.08. The Hall–Kier alpha value is -3.21. The number of piperidine rings is 1. The Morgan fingerprint density at radius 2 is 2.03 bits per heavy atom. The summed E-state index contributed by atoms with van der Waals surface area (Å²) < 4.78 is 21.6. The van der Waals surface area contributed by atoms with Crippen LogP contribution in [0.2, 0.25) is 0 Å². The number of H-pyrrole nitrogens is 1. The van der Waals surface area contributed by atoms with Crippen LogP contribution in [0.3, 0.4) is 0 Å². The van der Waals surface area contributed by atoms with Gasteiger partial charge in [-0.05, 0) is 99.3 Å². The first-order valence-corrected chi connectivity index (χ1v) is 12.2. The minimum absolute atomic E-state index is 0.116. The highest BCUT2D eigenvalue weighted by atomic mass is 32.2. The largest absolute Gasteiger partial charge is 0.456 e. The number of pyridine rings is 2. The number of nitrogens with zero attached hydrogens (tertiary/aromatic N) is 2. The molecule has 0 saturated carbocycles. The molecule has 1 aliphatic rings. The van der Waals surface area contributed by atoms with Crippen LogP contribution < -0.4 is 20.3 Å². The van der Waals surface area contributed by atoms with Gasteiger partial charge in [0.05, 0.1) is 17.1 Å². The normalized spacial score (nSPS) is 17.1. The van der Waals surface area contributed by atoms with Crippen molar-refractivity contribution in [3.8, 4) is 11.5 Å². The molecule has 0 bridgehead atoms. The van der Waals surface area contributed by atoms with Gasteiger partial charge in [0.15, 0.2) is 0 Å². The highest BCUT2D eigenvalue weighted by molar-refractivity contribution is 7.97. The van der Waals surface area contributed by atoms with E-state index in [1.54, 1.807) is 25.4 Å². The number of ether oxygens (including phenoxy) is 1. The molecule has 0 spiro atoms. The second kappa shape index (κ2) is 11.5. The third-order valence-electron chi connectivity index (χ3n) is 5.99. The fraction of sp³-hybridized carbons (Fsp3) is 0.320. The first-order chi connectivity index (χ1) is 16.9. The Labute approximate surface area is 207 Å². The maximum Gasteiger partial charge on any atom is 0.262 e. The number of anilines is 1. The molecule has 0 aliphatic carbocycles. The highest BCUT2D eigenvalue weighted by Gasteiger charge is 2.28. The maximum absolute atomic E-state index is 13.0. The van der Waals surface area contributed by atoms with E-state index in [9.17, 15) is 14.0 Å². The summed E-state index contributed by atoms with van der Waals surface area (Å²) in [7, 11) is 1.78. The lowest BCUT2D eigenvalue weighted by molar-refractivity contribution is -0.121. The van der Waals surface area contributed by atoms with Gasteiger partial charge in [-0.3, -0.25) is 19.2 Å². The van der Waals surface area contributed by atoms with E-state index >= 15 is 0 Å². The first kappa shape index (κ1) is 24.9. The average molecular weight is 498 g/mol. The van der Waals surface area contributed by atoms with Crippen LogP contribution in [0.1, 0.15) is 31.2 Å². The Balaban J connectivity index is 1.35. The zero-order valence-corrected chi connectivity index (χ0v) is 20.4. The van der Waals surface area contributed by atoms with Gasteiger partial charge >= 0.3 is 0 Å². The van der Waals surface area contributed by atoms with E-state index < -0.39 is 0 Å². The van der Waals surface area contributed by atoms with Crippen molar-refractivity contribution in [2.75, 3.05) is 25.5 Å². The molecule has 3 heterocycles. The number of likely N-dealkylation sites (tertiary alicyclic amines) is 1. The molecule has 1 saturated heterocycles. The molecule has 2 unspecified atom stereocenters. The molecule has 3 aromatic rings. The summed E-state index contributed by atoms with van der Waals surface area (Å²) >= 11 is 1.29. The summed E-state index contributed by atoms with van der Waals surface area (Å²) in [5, 5.41) is 2.87. The van der Waals surface area contributed by atoms with Gasteiger partial charge in [-0.25, -0.2) is 9.37 Å². The summed E-state index contributed by atoms with van der Waals surface area (Å²) in [5.74, 6) is 1.16. The molecule has 8 nitrogen and oxygen atoms in total. The smallest absolute Gasteiger partial charge is 0.262 e. The second-order valence-electron chi connectivity index (χ2n) is 8.37. The molecule has 1 amide bonds. The van der Waals surface area contributed by atoms with Crippen LogP contribution in [0, 0.1) is 5.82 Å². The first-order valence-electron chi connectivity index (χ1n) is 11.4. The Morgan fingerprint density at radius 3 is 2.74 bits per heavy atom. The number of nitrogens with one attached hydrogen (secondary N) is 3. The highest BCUT2D eigenvalue weighted by Crippen LogP contribution is 2.29. The second-order valence-corrected chi connectivity index (χ2v) is 9.42. The van der Waals surface area contributed by atoms with Gasteiger partial charge in [-0.1, -0.05) is 0 Å². The molecule has 184 valence electrons. The summed E-state index contributed by atoms with van der Waals surface area (Å²) in [6.07, 6.45) is 5.25. The van der Waals surface area contributed by atoms with Crippen molar-refractivity contribution in [2.24, 2.45) is 0 Å². The van der Waals surface area contributed by atoms with Crippen molar-refractivity contribution in [3.63, 3.8) is 0 Å². The average Bonchev–Trinajstić information content (AvgIpc) is 2.87. The van der Waals surface area contributed by atoms with Gasteiger partial charge in [0.2, 0.25) is 5.91 Å². The molecule has 2 atom stereocenters. The van der Waals surface area contributed by atoms with Crippen molar-refractivity contribution in [1.82, 2.24) is 19.6 Å². The summed E-state index contributed by atoms with van der Waals surface area (Å²) in [6.45, 7) is 3.44. The van der Waals surface area contributed by atoms with Gasteiger partial charge in [0.1, 0.15) is 23.1 Å². The van der Waals surface area contributed by atoms with Gasteiger partial charge in [-0.2, -0.15) is 0 Å². The van der Waals surface area contributed by atoms with E-state index in [0.717, 1.165) is 31.5 Å². The van der Waals surface area contributed by atoms with E-state index in [4.69, 9.17) is 4.74 Å². The number of carbonyl (C=O) groups excluding carboxylic acids is 1. The van der Waals surface area contributed by atoms with Crippen LogP contribution in [0.5, 0.6) is 11.5 Å². The topological polar surface area (TPSA) is 99.3 Å². The Morgan fingerprint density at radius 1 is 1.26 bits per heavy atom. The quantitative estimate of drug-likeness (QED) is 0.403. The van der Waals surface area contributed by atoms with Crippen molar-refractivity contribution >= 4 is 23.7 Å². The molecule has 10 heteroatoms.